The number of carbonyl (C=O) groups excluding carboxylic acids is 3. The minimum absolute atomic E-state index is 0.148. The molecule has 0 N–H and O–H groups in total. The second-order valence-electron chi connectivity index (χ2n) is 7.97. The topological polar surface area (TPSA) is 57.7 Å². The van der Waals surface area contributed by atoms with Crippen LogP contribution in [0.5, 0.6) is 0 Å². The first-order chi connectivity index (χ1) is 14.0. The lowest BCUT2D eigenvalue weighted by molar-refractivity contribution is -0.155. The maximum atomic E-state index is 13.3. The second-order valence-corrected chi connectivity index (χ2v) is 8.41. The van der Waals surface area contributed by atoms with Gasteiger partial charge in [0.25, 0.3) is 17.7 Å². The van der Waals surface area contributed by atoms with Gasteiger partial charge in [0, 0.05) is 10.6 Å². The highest BCUT2D eigenvalue weighted by Crippen LogP contribution is 2.41. The number of hydrogen-bond acceptors (Lipinski definition) is 3. The van der Waals surface area contributed by atoms with Gasteiger partial charge in [-0.3, -0.25) is 14.4 Å². The van der Waals surface area contributed by atoms with Crippen LogP contribution < -0.4 is 0 Å². The van der Waals surface area contributed by atoms with Crippen LogP contribution in [0.25, 0.3) is 0 Å². The Morgan fingerprint density at radius 2 is 1.66 bits per heavy atom. The molecule has 2 aromatic carbocycles. The standard InChI is InChI=1S/C23H23ClN2O3/c1-15-7-12-19-20(13-15)23(29)26(22(19)28)25(14-16-5-3-2-4-6-16)21(27)17-8-10-18(24)11-9-17/h2-6,8-11,15,19-20H,7,12-14H2,1H3/t15-,19-,20-/m1/s1. The minimum Gasteiger partial charge on any atom is -0.272 e. The van der Waals surface area contributed by atoms with Crippen molar-refractivity contribution in [2.24, 2.45) is 17.8 Å². The summed E-state index contributed by atoms with van der Waals surface area (Å²) in [6.45, 7) is 2.26. The molecule has 5 nitrogen and oxygen atoms in total. The van der Waals surface area contributed by atoms with Gasteiger partial charge in [0.05, 0.1) is 18.4 Å². The molecule has 2 aliphatic rings. The van der Waals surface area contributed by atoms with E-state index in [9.17, 15) is 14.4 Å². The highest BCUT2D eigenvalue weighted by molar-refractivity contribution is 6.30. The molecule has 1 saturated carbocycles. The van der Waals surface area contributed by atoms with Crippen molar-refractivity contribution in [2.45, 2.75) is 32.7 Å². The Morgan fingerprint density at radius 1 is 1.00 bits per heavy atom. The molecule has 3 amide bonds. The predicted octanol–water partition coefficient (Wildman–Crippen LogP) is 4.32. The van der Waals surface area contributed by atoms with Crippen LogP contribution >= 0.6 is 11.6 Å². The Hall–Kier alpha value is -2.66. The van der Waals surface area contributed by atoms with Gasteiger partial charge in [-0.05, 0) is 55.0 Å². The van der Waals surface area contributed by atoms with E-state index in [1.165, 1.54) is 5.01 Å². The Balaban J connectivity index is 1.69. The van der Waals surface area contributed by atoms with E-state index < -0.39 is 0 Å². The first kappa shape index (κ1) is 19.6. The molecule has 1 aliphatic heterocycles. The van der Waals surface area contributed by atoms with Gasteiger partial charge in [-0.2, -0.15) is 5.01 Å². The van der Waals surface area contributed by atoms with Crippen molar-refractivity contribution < 1.29 is 14.4 Å². The van der Waals surface area contributed by atoms with Gasteiger partial charge < -0.3 is 0 Å². The SMILES string of the molecule is C[C@@H]1CC[C@H]2C(=O)N(N(Cc3ccccc3)C(=O)c3ccc(Cl)cc3)C(=O)[C@@H]2C1. The monoisotopic (exact) mass is 410 g/mol. The van der Waals surface area contributed by atoms with Gasteiger partial charge in [-0.15, -0.1) is 0 Å². The highest BCUT2D eigenvalue weighted by atomic mass is 35.5. The number of nitrogens with zero attached hydrogens (tertiary/aromatic N) is 2. The summed E-state index contributed by atoms with van der Waals surface area (Å²) in [4.78, 5) is 39.7. The molecule has 0 radical (unpaired) electrons. The van der Waals surface area contributed by atoms with Gasteiger partial charge >= 0.3 is 0 Å². The molecule has 2 aromatic rings. The molecule has 150 valence electrons. The number of imide groups is 1. The van der Waals surface area contributed by atoms with Gasteiger partial charge in [0.1, 0.15) is 0 Å². The smallest absolute Gasteiger partial charge is 0.272 e. The van der Waals surface area contributed by atoms with E-state index in [0.29, 0.717) is 29.3 Å². The molecule has 1 heterocycles. The summed E-state index contributed by atoms with van der Waals surface area (Å²) < 4.78 is 0. The molecule has 1 saturated heterocycles. The lowest BCUT2D eigenvalue weighted by Crippen LogP contribution is -2.49. The van der Waals surface area contributed by atoms with Gasteiger partial charge in [0.2, 0.25) is 0 Å². The fraction of sp³-hybridized carbons (Fsp3) is 0.348. The fourth-order valence-electron chi connectivity index (χ4n) is 4.34. The zero-order valence-electron chi connectivity index (χ0n) is 16.3. The summed E-state index contributed by atoms with van der Waals surface area (Å²) >= 11 is 5.95. The summed E-state index contributed by atoms with van der Waals surface area (Å²) in [7, 11) is 0. The van der Waals surface area contributed by atoms with Crippen LogP contribution in [0.1, 0.15) is 42.1 Å². The molecule has 6 heteroatoms. The summed E-state index contributed by atoms with van der Waals surface area (Å²) in [5.74, 6) is -1.16. The third kappa shape index (κ3) is 3.79. The van der Waals surface area contributed by atoms with Crippen molar-refractivity contribution in [1.29, 1.82) is 0 Å². The van der Waals surface area contributed by atoms with Crippen molar-refractivity contribution in [1.82, 2.24) is 10.0 Å². The summed E-state index contributed by atoms with van der Waals surface area (Å²) in [6, 6.07) is 15.9. The molecule has 4 rings (SSSR count). The molecular formula is C23H23ClN2O3. The van der Waals surface area contributed by atoms with Crippen LogP contribution in [0.4, 0.5) is 0 Å². The molecule has 0 unspecified atom stereocenters. The molecule has 0 spiro atoms. The number of benzene rings is 2. The maximum absolute atomic E-state index is 13.3. The predicted molar refractivity (Wildman–Crippen MR) is 110 cm³/mol. The number of amides is 3. The second kappa shape index (κ2) is 7.99. The third-order valence-electron chi connectivity index (χ3n) is 5.91. The number of carbonyl (C=O) groups is 3. The van der Waals surface area contributed by atoms with Crippen molar-refractivity contribution in [3.63, 3.8) is 0 Å². The number of halogens is 1. The number of hydrogen-bond donors (Lipinski definition) is 0. The van der Waals surface area contributed by atoms with E-state index in [0.717, 1.165) is 17.0 Å². The number of rotatable bonds is 4. The molecule has 0 aromatic heterocycles. The zero-order valence-corrected chi connectivity index (χ0v) is 17.0. The Kier molecular flexibility index (Phi) is 5.41. The summed E-state index contributed by atoms with van der Waals surface area (Å²) in [5, 5.41) is 2.92. The average Bonchev–Trinajstić information content (AvgIpc) is 2.97. The molecule has 1 aliphatic carbocycles. The van der Waals surface area contributed by atoms with E-state index >= 15 is 0 Å². The van der Waals surface area contributed by atoms with E-state index in [-0.39, 0.29) is 36.1 Å². The van der Waals surface area contributed by atoms with E-state index in [1.54, 1.807) is 24.3 Å². The van der Waals surface area contributed by atoms with Crippen molar-refractivity contribution in [2.75, 3.05) is 0 Å². The number of fused-ring (bicyclic) bond motifs is 1. The summed E-state index contributed by atoms with van der Waals surface area (Å²) in [6.07, 6.45) is 2.32. The lowest BCUT2D eigenvalue weighted by Gasteiger charge is -2.30. The van der Waals surface area contributed by atoms with Crippen molar-refractivity contribution >= 4 is 29.3 Å². The first-order valence-electron chi connectivity index (χ1n) is 9.95. The minimum atomic E-state index is -0.390. The third-order valence-corrected chi connectivity index (χ3v) is 6.16. The largest absolute Gasteiger partial charge is 0.273 e. The molecule has 0 bridgehead atoms. The normalized spacial score (nSPS) is 23.8. The first-order valence-corrected chi connectivity index (χ1v) is 10.3. The van der Waals surface area contributed by atoms with E-state index in [1.807, 2.05) is 30.3 Å². The van der Waals surface area contributed by atoms with Gasteiger partial charge in [-0.25, -0.2) is 5.01 Å². The average molecular weight is 411 g/mol. The number of hydrazine groups is 1. The molecular weight excluding hydrogens is 388 g/mol. The Morgan fingerprint density at radius 3 is 2.34 bits per heavy atom. The van der Waals surface area contributed by atoms with Crippen LogP contribution in [0, 0.1) is 17.8 Å². The molecule has 3 atom stereocenters. The quantitative estimate of drug-likeness (QED) is 0.705. The van der Waals surface area contributed by atoms with Crippen LogP contribution in [-0.2, 0) is 16.1 Å². The molecule has 2 fully saturated rings. The van der Waals surface area contributed by atoms with E-state index in [2.05, 4.69) is 6.92 Å². The van der Waals surface area contributed by atoms with Crippen LogP contribution in [0.15, 0.2) is 54.6 Å². The fourth-order valence-corrected chi connectivity index (χ4v) is 4.47. The zero-order chi connectivity index (χ0) is 20.5. The summed E-state index contributed by atoms with van der Waals surface area (Å²) in [5.41, 5.74) is 1.23. The van der Waals surface area contributed by atoms with Crippen molar-refractivity contribution in [3.8, 4) is 0 Å². The van der Waals surface area contributed by atoms with Crippen LogP contribution in [0.3, 0.4) is 0 Å². The highest BCUT2D eigenvalue weighted by Gasteiger charge is 2.52. The van der Waals surface area contributed by atoms with Crippen LogP contribution in [-0.4, -0.2) is 27.7 Å². The Bertz CT molecular complexity index is 929. The maximum Gasteiger partial charge on any atom is 0.273 e. The van der Waals surface area contributed by atoms with Gasteiger partial charge in [0.15, 0.2) is 0 Å². The van der Waals surface area contributed by atoms with Crippen LogP contribution in [0.2, 0.25) is 5.02 Å². The van der Waals surface area contributed by atoms with E-state index in [4.69, 9.17) is 11.6 Å². The lowest BCUT2D eigenvalue weighted by atomic mass is 9.76. The van der Waals surface area contributed by atoms with Gasteiger partial charge in [-0.1, -0.05) is 48.9 Å². The van der Waals surface area contributed by atoms with Crippen molar-refractivity contribution in [3.05, 3.63) is 70.7 Å². The Labute approximate surface area is 175 Å². The molecule has 29 heavy (non-hydrogen) atoms.